The highest BCUT2D eigenvalue weighted by Crippen LogP contribution is 2.41. The fraction of sp³-hybridized carbons (Fsp3) is 0.621. The Morgan fingerprint density at radius 2 is 1.57 bits per heavy atom. The van der Waals surface area contributed by atoms with Crippen LogP contribution in [0.3, 0.4) is 0 Å². The van der Waals surface area contributed by atoms with E-state index in [0.29, 0.717) is 30.0 Å². The molecule has 234 valence electrons. The summed E-state index contributed by atoms with van der Waals surface area (Å²) in [5, 5.41) is 10.5. The van der Waals surface area contributed by atoms with Gasteiger partial charge in [0, 0.05) is 18.7 Å². The van der Waals surface area contributed by atoms with E-state index in [1.165, 1.54) is 0 Å². The highest BCUT2D eigenvalue weighted by molar-refractivity contribution is 6.75. The van der Waals surface area contributed by atoms with E-state index in [1.807, 2.05) is 40.8 Å². The number of hydrogen-bond donors (Lipinski definition) is 2. The molecule has 0 fully saturated rings. The second-order valence-corrected chi connectivity index (χ2v) is 23.7. The van der Waals surface area contributed by atoms with Crippen LogP contribution in [-0.2, 0) is 10.8 Å². The van der Waals surface area contributed by atoms with Crippen LogP contribution in [-0.4, -0.2) is 56.1 Å². The van der Waals surface area contributed by atoms with Gasteiger partial charge in [-0.05, 0) is 59.9 Å². The first-order chi connectivity index (χ1) is 19.0. The van der Waals surface area contributed by atoms with Gasteiger partial charge in [0.1, 0.15) is 11.6 Å². The molecule has 42 heavy (non-hydrogen) atoms. The number of aromatic amines is 1. The van der Waals surface area contributed by atoms with Crippen molar-refractivity contribution in [2.45, 2.75) is 97.3 Å². The molecular weight excluding hydrogens is 583 g/mol. The molecule has 1 atom stereocenters. The van der Waals surface area contributed by atoms with Crippen molar-refractivity contribution in [2.24, 2.45) is 5.92 Å². The lowest BCUT2D eigenvalue weighted by Crippen LogP contribution is -2.44. The predicted octanol–water partition coefficient (Wildman–Crippen LogP) is 8.72. The van der Waals surface area contributed by atoms with Gasteiger partial charge < -0.3 is 14.2 Å². The maximum Gasteiger partial charge on any atom is 0.393 e. The first-order valence-electron chi connectivity index (χ1n) is 14.2. The van der Waals surface area contributed by atoms with E-state index < -0.39 is 35.0 Å². The van der Waals surface area contributed by atoms with Crippen molar-refractivity contribution in [2.75, 3.05) is 18.5 Å². The number of rotatable bonds is 10. The molecule has 0 radical (unpaired) electrons. The summed E-state index contributed by atoms with van der Waals surface area (Å²) in [5.41, 5.74) is 0.104. The molecule has 2 aromatic heterocycles. The minimum Gasteiger partial charge on any atom is -0.542 e. The number of benzene rings is 1. The number of aromatic nitrogens is 4. The van der Waals surface area contributed by atoms with Crippen LogP contribution in [0.1, 0.15) is 54.0 Å². The van der Waals surface area contributed by atoms with E-state index >= 15 is 4.39 Å². The molecule has 0 saturated heterocycles. The standard InChI is InChI=1S/C29H45F4N5O2Si2/c1-18(17-39-41(8,9)27(2,3)4)15-34-24-21-16-35-38-26(21)37-25(36-24)20-13-22(30)23(12-19(20)14-29(31,32)33)40-42(10,11)28(5,6)7/h12-13,16,18H,14-15,17H2,1-11H3,(H2,34,35,36,37,38). The zero-order valence-electron chi connectivity index (χ0n) is 26.6. The van der Waals surface area contributed by atoms with Gasteiger partial charge in [-0.3, -0.25) is 5.10 Å². The molecule has 2 N–H and O–H groups in total. The second-order valence-electron chi connectivity index (χ2n) is 14.2. The van der Waals surface area contributed by atoms with Crippen molar-refractivity contribution in [3.8, 4) is 17.1 Å². The number of nitrogens with one attached hydrogen (secondary N) is 2. The number of anilines is 1. The minimum absolute atomic E-state index is 0.0450. The van der Waals surface area contributed by atoms with Gasteiger partial charge in [0.2, 0.25) is 0 Å². The normalized spacial score (nSPS) is 14.4. The highest BCUT2D eigenvalue weighted by atomic mass is 28.4. The van der Waals surface area contributed by atoms with Gasteiger partial charge in [0.05, 0.1) is 18.0 Å². The summed E-state index contributed by atoms with van der Waals surface area (Å²) in [4.78, 5) is 8.97. The Morgan fingerprint density at radius 3 is 2.14 bits per heavy atom. The summed E-state index contributed by atoms with van der Waals surface area (Å²) in [5.74, 6) is -0.495. The quantitative estimate of drug-likeness (QED) is 0.173. The first-order valence-corrected chi connectivity index (χ1v) is 20.0. The Labute approximate surface area is 248 Å². The second kappa shape index (κ2) is 11.9. The van der Waals surface area contributed by atoms with Crippen LogP contribution in [0.15, 0.2) is 18.3 Å². The fourth-order valence-corrected chi connectivity index (χ4v) is 5.81. The predicted molar refractivity (Wildman–Crippen MR) is 165 cm³/mol. The van der Waals surface area contributed by atoms with Gasteiger partial charge >= 0.3 is 6.18 Å². The molecule has 0 aliphatic rings. The zero-order chi connectivity index (χ0) is 31.9. The van der Waals surface area contributed by atoms with E-state index in [0.717, 1.165) is 12.1 Å². The average molecular weight is 628 g/mol. The van der Waals surface area contributed by atoms with Crippen molar-refractivity contribution in [3.05, 3.63) is 29.7 Å². The Kier molecular flexibility index (Phi) is 9.61. The zero-order valence-corrected chi connectivity index (χ0v) is 28.6. The van der Waals surface area contributed by atoms with Gasteiger partial charge in [0.15, 0.2) is 25.6 Å². The van der Waals surface area contributed by atoms with Crippen LogP contribution < -0.4 is 9.74 Å². The van der Waals surface area contributed by atoms with Crippen LogP contribution in [0, 0.1) is 11.7 Å². The maximum absolute atomic E-state index is 15.5. The first kappa shape index (κ1) is 34.0. The van der Waals surface area contributed by atoms with Crippen molar-refractivity contribution >= 4 is 33.5 Å². The summed E-state index contributed by atoms with van der Waals surface area (Å²) in [6.07, 6.45) is -4.28. The third-order valence-electron chi connectivity index (χ3n) is 8.42. The van der Waals surface area contributed by atoms with Crippen LogP contribution in [0.2, 0.25) is 36.3 Å². The lowest BCUT2D eigenvalue weighted by atomic mass is 10.0. The summed E-state index contributed by atoms with van der Waals surface area (Å²) in [6, 6.07) is 2.19. The van der Waals surface area contributed by atoms with E-state index in [1.54, 1.807) is 6.20 Å². The molecule has 0 aliphatic carbocycles. The fourth-order valence-electron chi connectivity index (χ4n) is 3.66. The number of halogens is 4. The molecule has 1 aromatic carbocycles. The lowest BCUT2D eigenvalue weighted by Gasteiger charge is -2.37. The number of H-pyrrole nitrogens is 1. The Balaban J connectivity index is 1.98. The van der Waals surface area contributed by atoms with Gasteiger partial charge in [0.25, 0.3) is 8.32 Å². The van der Waals surface area contributed by atoms with Gasteiger partial charge in [-0.2, -0.15) is 18.3 Å². The van der Waals surface area contributed by atoms with E-state index in [-0.39, 0.29) is 38.7 Å². The summed E-state index contributed by atoms with van der Waals surface area (Å²) in [7, 11) is -4.45. The van der Waals surface area contributed by atoms with Crippen LogP contribution in [0.4, 0.5) is 23.4 Å². The molecule has 1 unspecified atom stereocenters. The Morgan fingerprint density at radius 1 is 0.952 bits per heavy atom. The third-order valence-corrected chi connectivity index (χ3v) is 17.3. The molecule has 7 nitrogen and oxygen atoms in total. The number of nitrogens with zero attached hydrogens (tertiary/aromatic N) is 3. The summed E-state index contributed by atoms with van der Waals surface area (Å²) >= 11 is 0. The van der Waals surface area contributed by atoms with Crippen LogP contribution >= 0.6 is 0 Å². The molecule has 3 aromatic rings. The number of alkyl halides is 3. The Hall–Kier alpha value is -2.52. The molecule has 0 bridgehead atoms. The largest absolute Gasteiger partial charge is 0.542 e. The van der Waals surface area contributed by atoms with Crippen LogP contribution in [0.25, 0.3) is 22.4 Å². The lowest BCUT2D eigenvalue weighted by molar-refractivity contribution is -0.127. The maximum atomic E-state index is 15.5. The van der Waals surface area contributed by atoms with E-state index in [9.17, 15) is 13.2 Å². The van der Waals surface area contributed by atoms with Crippen molar-refractivity contribution in [3.63, 3.8) is 0 Å². The monoisotopic (exact) mass is 627 g/mol. The molecule has 0 aliphatic heterocycles. The van der Waals surface area contributed by atoms with E-state index in [4.69, 9.17) is 8.85 Å². The molecule has 3 rings (SSSR count). The van der Waals surface area contributed by atoms with Crippen molar-refractivity contribution in [1.82, 2.24) is 20.2 Å². The molecule has 0 spiro atoms. The Bertz CT molecular complexity index is 1400. The number of fused-ring (bicyclic) bond motifs is 1. The van der Waals surface area contributed by atoms with E-state index in [2.05, 4.69) is 59.3 Å². The molecule has 2 heterocycles. The number of hydrogen-bond acceptors (Lipinski definition) is 6. The van der Waals surface area contributed by atoms with Gasteiger partial charge in [-0.1, -0.05) is 48.5 Å². The van der Waals surface area contributed by atoms with Crippen molar-refractivity contribution in [1.29, 1.82) is 0 Å². The van der Waals surface area contributed by atoms with Crippen LogP contribution in [0.5, 0.6) is 5.75 Å². The molecule has 13 heteroatoms. The summed E-state index contributed by atoms with van der Waals surface area (Å²) in [6.45, 7) is 23.8. The van der Waals surface area contributed by atoms with Crippen molar-refractivity contribution < 1.29 is 26.4 Å². The van der Waals surface area contributed by atoms with Gasteiger partial charge in [-0.25, -0.2) is 14.4 Å². The third kappa shape index (κ3) is 8.10. The smallest absolute Gasteiger partial charge is 0.393 e. The summed E-state index contributed by atoms with van der Waals surface area (Å²) < 4.78 is 69.0. The topological polar surface area (TPSA) is 85.0 Å². The molecule has 0 saturated carbocycles. The average Bonchev–Trinajstić information content (AvgIpc) is 3.29. The molecular formula is C29H45F4N5O2Si2. The molecule has 0 amide bonds. The van der Waals surface area contributed by atoms with Gasteiger partial charge in [-0.15, -0.1) is 0 Å². The highest BCUT2D eigenvalue weighted by Gasteiger charge is 2.40. The minimum atomic E-state index is -4.54. The SMILES string of the molecule is CC(CNc1nc(-c2cc(F)c(O[Si](C)(C)C(C)(C)C)cc2CC(F)(F)F)nc2[nH]ncc12)CO[Si](C)(C)C(C)(C)C.